The van der Waals surface area contributed by atoms with E-state index in [0.717, 1.165) is 38.4 Å². The monoisotopic (exact) mass is 218 g/mol. The predicted octanol–water partition coefficient (Wildman–Crippen LogP) is 1.57. The highest BCUT2D eigenvalue weighted by molar-refractivity contribution is 7.91. The van der Waals surface area contributed by atoms with Gasteiger partial charge in [0.1, 0.15) is 16.1 Å². The Balaban J connectivity index is 2.47. The zero-order valence-corrected chi connectivity index (χ0v) is 9.42. The quantitative estimate of drug-likeness (QED) is 0.673. The molecule has 0 aromatic rings. The minimum Gasteiger partial charge on any atom is -0.303 e. The number of hydrogen-bond acceptors (Lipinski definition) is 3. The van der Waals surface area contributed by atoms with Crippen molar-refractivity contribution in [1.82, 2.24) is 0 Å². The van der Waals surface area contributed by atoms with E-state index >= 15 is 0 Å². The van der Waals surface area contributed by atoms with Crippen LogP contribution in [-0.2, 0) is 14.6 Å². The largest absolute Gasteiger partial charge is 0.303 e. The van der Waals surface area contributed by atoms with Crippen LogP contribution >= 0.6 is 0 Å². The Morgan fingerprint density at radius 2 is 2.07 bits per heavy atom. The third-order valence-electron chi connectivity index (χ3n) is 3.03. The number of carbonyl (C=O) groups is 1. The highest BCUT2D eigenvalue weighted by Crippen LogP contribution is 2.30. The van der Waals surface area contributed by atoms with Gasteiger partial charge in [0.05, 0.1) is 5.25 Å². The number of aldehydes is 1. The topological polar surface area (TPSA) is 51.2 Å². The summed E-state index contributed by atoms with van der Waals surface area (Å²) >= 11 is 0. The third kappa shape index (κ3) is 3.40. The molecule has 82 valence electrons. The minimum absolute atomic E-state index is 0.159. The lowest BCUT2D eigenvalue weighted by Gasteiger charge is -2.27. The summed E-state index contributed by atoms with van der Waals surface area (Å²) in [6.45, 7) is 0. The van der Waals surface area contributed by atoms with Gasteiger partial charge in [-0.3, -0.25) is 0 Å². The standard InChI is InChI=1S/C10H18O3S/c1-14(12,13)10-6-2-4-9(8-10)5-3-7-11/h7,9-10H,2-6,8H2,1H3. The van der Waals surface area contributed by atoms with Crippen LogP contribution in [0.3, 0.4) is 0 Å². The van der Waals surface area contributed by atoms with E-state index in [2.05, 4.69) is 0 Å². The predicted molar refractivity (Wildman–Crippen MR) is 55.9 cm³/mol. The summed E-state index contributed by atoms with van der Waals surface area (Å²) in [5, 5.41) is -0.159. The number of hydrogen-bond donors (Lipinski definition) is 0. The highest BCUT2D eigenvalue weighted by atomic mass is 32.2. The summed E-state index contributed by atoms with van der Waals surface area (Å²) in [5.74, 6) is 0.439. The molecule has 2 unspecified atom stereocenters. The van der Waals surface area contributed by atoms with Crippen LogP contribution in [0.1, 0.15) is 38.5 Å². The molecule has 0 bridgehead atoms. The Bertz CT molecular complexity index is 282. The van der Waals surface area contributed by atoms with Gasteiger partial charge in [0, 0.05) is 12.7 Å². The van der Waals surface area contributed by atoms with Gasteiger partial charge in [-0.05, 0) is 25.2 Å². The van der Waals surface area contributed by atoms with Crippen LogP contribution in [0.15, 0.2) is 0 Å². The molecule has 1 saturated carbocycles. The van der Waals surface area contributed by atoms with Crippen LogP contribution in [0, 0.1) is 5.92 Å². The van der Waals surface area contributed by atoms with Crippen molar-refractivity contribution in [3.05, 3.63) is 0 Å². The molecule has 2 atom stereocenters. The van der Waals surface area contributed by atoms with Crippen molar-refractivity contribution in [1.29, 1.82) is 0 Å². The maximum atomic E-state index is 11.3. The Kier molecular flexibility index (Phi) is 4.11. The van der Waals surface area contributed by atoms with Gasteiger partial charge >= 0.3 is 0 Å². The molecule has 1 rings (SSSR count). The Morgan fingerprint density at radius 1 is 1.36 bits per heavy atom. The molecule has 0 amide bonds. The van der Waals surface area contributed by atoms with Gasteiger partial charge < -0.3 is 4.79 Å². The number of carbonyl (C=O) groups excluding carboxylic acids is 1. The van der Waals surface area contributed by atoms with Gasteiger partial charge in [-0.25, -0.2) is 8.42 Å². The fourth-order valence-corrected chi connectivity index (χ4v) is 3.41. The molecule has 1 aliphatic rings. The van der Waals surface area contributed by atoms with Gasteiger partial charge in [-0.15, -0.1) is 0 Å². The molecule has 1 aliphatic carbocycles. The molecule has 14 heavy (non-hydrogen) atoms. The molecule has 0 spiro atoms. The van der Waals surface area contributed by atoms with E-state index in [1.165, 1.54) is 6.26 Å². The second kappa shape index (κ2) is 4.91. The van der Waals surface area contributed by atoms with Crippen LogP contribution in [-0.4, -0.2) is 26.2 Å². The smallest absolute Gasteiger partial charge is 0.150 e. The molecular formula is C10H18O3S. The SMILES string of the molecule is CS(=O)(=O)C1CCCC(CCC=O)C1. The number of rotatable bonds is 4. The molecule has 0 radical (unpaired) electrons. The minimum atomic E-state index is -2.87. The van der Waals surface area contributed by atoms with E-state index in [-0.39, 0.29) is 5.25 Å². The number of sulfone groups is 1. The van der Waals surface area contributed by atoms with Crippen molar-refractivity contribution in [3.8, 4) is 0 Å². The Hall–Kier alpha value is -0.380. The molecule has 0 aromatic heterocycles. The lowest BCUT2D eigenvalue weighted by Crippen LogP contribution is -2.27. The molecule has 0 aromatic carbocycles. The van der Waals surface area contributed by atoms with Gasteiger partial charge in [0.25, 0.3) is 0 Å². The van der Waals surface area contributed by atoms with E-state index in [1.54, 1.807) is 0 Å². The summed E-state index contributed by atoms with van der Waals surface area (Å²) in [7, 11) is -2.87. The summed E-state index contributed by atoms with van der Waals surface area (Å²) in [4.78, 5) is 10.2. The first kappa shape index (κ1) is 11.7. The summed E-state index contributed by atoms with van der Waals surface area (Å²) in [5.41, 5.74) is 0. The van der Waals surface area contributed by atoms with Crippen molar-refractivity contribution in [2.75, 3.05) is 6.26 Å². The van der Waals surface area contributed by atoms with E-state index in [9.17, 15) is 13.2 Å². The van der Waals surface area contributed by atoms with Gasteiger partial charge in [-0.2, -0.15) is 0 Å². The van der Waals surface area contributed by atoms with Crippen LogP contribution < -0.4 is 0 Å². The summed E-state index contributed by atoms with van der Waals surface area (Å²) in [6, 6.07) is 0. The fourth-order valence-electron chi connectivity index (χ4n) is 2.20. The second-order valence-electron chi connectivity index (χ2n) is 4.23. The van der Waals surface area contributed by atoms with Gasteiger partial charge in [-0.1, -0.05) is 12.8 Å². The first-order chi connectivity index (χ1) is 6.54. The fraction of sp³-hybridized carbons (Fsp3) is 0.900. The summed E-state index contributed by atoms with van der Waals surface area (Å²) in [6.07, 6.45) is 7.30. The molecule has 0 N–H and O–H groups in total. The van der Waals surface area contributed by atoms with Crippen molar-refractivity contribution in [2.24, 2.45) is 5.92 Å². The van der Waals surface area contributed by atoms with Crippen molar-refractivity contribution >= 4 is 16.1 Å². The summed E-state index contributed by atoms with van der Waals surface area (Å²) < 4.78 is 22.7. The first-order valence-corrected chi connectivity index (χ1v) is 7.12. The van der Waals surface area contributed by atoms with E-state index in [1.807, 2.05) is 0 Å². The van der Waals surface area contributed by atoms with Crippen molar-refractivity contribution in [2.45, 2.75) is 43.8 Å². The highest BCUT2D eigenvalue weighted by Gasteiger charge is 2.28. The Labute approximate surface area is 85.8 Å². The van der Waals surface area contributed by atoms with Gasteiger partial charge in [0.15, 0.2) is 0 Å². The maximum Gasteiger partial charge on any atom is 0.150 e. The normalized spacial score (nSPS) is 28.6. The average molecular weight is 218 g/mol. The zero-order chi connectivity index (χ0) is 10.6. The van der Waals surface area contributed by atoms with E-state index in [0.29, 0.717) is 12.3 Å². The average Bonchev–Trinajstić information content (AvgIpc) is 2.14. The van der Waals surface area contributed by atoms with Crippen molar-refractivity contribution < 1.29 is 13.2 Å². The van der Waals surface area contributed by atoms with Crippen molar-refractivity contribution in [3.63, 3.8) is 0 Å². The van der Waals surface area contributed by atoms with Crippen LogP contribution in [0.2, 0.25) is 0 Å². The molecule has 3 nitrogen and oxygen atoms in total. The van der Waals surface area contributed by atoms with E-state index < -0.39 is 9.84 Å². The van der Waals surface area contributed by atoms with Gasteiger partial charge in [0.2, 0.25) is 0 Å². The van der Waals surface area contributed by atoms with Crippen LogP contribution in [0.25, 0.3) is 0 Å². The molecule has 0 saturated heterocycles. The molecule has 0 heterocycles. The van der Waals surface area contributed by atoms with E-state index in [4.69, 9.17) is 0 Å². The molecule has 4 heteroatoms. The molecule has 1 fully saturated rings. The molecular weight excluding hydrogens is 200 g/mol. The van der Waals surface area contributed by atoms with Crippen LogP contribution in [0.4, 0.5) is 0 Å². The first-order valence-electron chi connectivity index (χ1n) is 5.16. The molecule has 0 aliphatic heterocycles. The third-order valence-corrected chi connectivity index (χ3v) is 4.67. The lowest BCUT2D eigenvalue weighted by molar-refractivity contribution is -0.108. The lowest BCUT2D eigenvalue weighted by atomic mass is 9.86. The second-order valence-corrected chi connectivity index (χ2v) is 6.55. The Morgan fingerprint density at radius 3 is 2.64 bits per heavy atom. The van der Waals surface area contributed by atoms with Crippen LogP contribution in [0.5, 0.6) is 0 Å². The maximum absolute atomic E-state index is 11.3. The zero-order valence-electron chi connectivity index (χ0n) is 8.61.